The van der Waals surface area contributed by atoms with Crippen LogP contribution < -0.4 is 14.8 Å². The number of carbonyl (C=O) groups excluding carboxylic acids is 1. The summed E-state index contributed by atoms with van der Waals surface area (Å²) >= 11 is 0. The predicted octanol–water partition coefficient (Wildman–Crippen LogP) is 9.50. The van der Waals surface area contributed by atoms with E-state index < -0.39 is 43.6 Å². The number of nitro benzene ring substituents is 1. The lowest BCUT2D eigenvalue weighted by Gasteiger charge is -2.40. The molecule has 1 N–H and O–H groups in total. The summed E-state index contributed by atoms with van der Waals surface area (Å²) in [7, 11) is 1.61. The minimum atomic E-state index is -1.65. The van der Waals surface area contributed by atoms with Crippen molar-refractivity contribution in [1.82, 2.24) is 24.2 Å². The van der Waals surface area contributed by atoms with Crippen LogP contribution in [0, 0.1) is 21.4 Å². The normalized spacial score (nSPS) is 16.5. The molecule has 1 saturated heterocycles. The summed E-state index contributed by atoms with van der Waals surface area (Å²) in [5, 5.41) is 23.1. The zero-order valence-corrected chi connectivity index (χ0v) is 39.7. The fourth-order valence-corrected chi connectivity index (χ4v) is 9.80. The van der Waals surface area contributed by atoms with E-state index in [0.29, 0.717) is 35.5 Å². The molecule has 2 aromatic heterocycles. The Morgan fingerprint density at radius 3 is 2.12 bits per heavy atom. The molecule has 1 unspecified atom stereocenters. The van der Waals surface area contributed by atoms with Crippen molar-refractivity contribution in [2.75, 3.05) is 39.4 Å². The summed E-state index contributed by atoms with van der Waals surface area (Å²) < 4.78 is 48.2. The highest BCUT2D eigenvalue weighted by molar-refractivity contribution is 7.44. The van der Waals surface area contributed by atoms with Gasteiger partial charge in [-0.05, 0) is 74.2 Å². The molecule has 0 bridgehead atoms. The number of methoxy groups -OCH3 is 2. The molecule has 4 aromatic carbocycles. The fourth-order valence-electron chi connectivity index (χ4n) is 8.18. The molecule has 0 spiro atoms. The van der Waals surface area contributed by atoms with Crippen molar-refractivity contribution in [3.8, 4) is 17.6 Å². The highest BCUT2D eigenvalue weighted by Crippen LogP contribution is 2.49. The summed E-state index contributed by atoms with van der Waals surface area (Å²) in [6, 6.07) is 33.9. The molecule has 0 aliphatic carbocycles. The second kappa shape index (κ2) is 22.9. The Morgan fingerprint density at radius 1 is 0.897 bits per heavy atom. The average Bonchev–Trinajstić information content (AvgIpc) is 3.97. The van der Waals surface area contributed by atoms with Crippen molar-refractivity contribution >= 4 is 37.3 Å². The van der Waals surface area contributed by atoms with Crippen LogP contribution >= 0.6 is 8.53 Å². The van der Waals surface area contributed by atoms with Gasteiger partial charge in [0.05, 0.1) is 63.9 Å². The Labute approximate surface area is 396 Å². The molecule has 3 heterocycles. The second-order valence-electron chi connectivity index (χ2n) is 16.3. The van der Waals surface area contributed by atoms with E-state index in [2.05, 4.69) is 58.7 Å². The zero-order valence-electron chi connectivity index (χ0n) is 38.8. The smallest absolute Gasteiger partial charge is 0.412 e. The maximum Gasteiger partial charge on any atom is 0.412 e. The fraction of sp³-hybridized carbons (Fsp3) is 0.367. The van der Waals surface area contributed by atoms with E-state index in [1.54, 1.807) is 37.2 Å². The van der Waals surface area contributed by atoms with Gasteiger partial charge in [-0.1, -0.05) is 66.7 Å². The standard InChI is InChI=1S/C49H55N8O10P/c1-33(2)56(34(3)4)68(64-27-10-26-50)65-30-43-42(67-49(36-11-8-7-9-12-36,37-15-21-40(61-5)22-16-37)38-17-23-41(62-6)24-18-38)29-44(66-43)55-32-53-45-46(51-31-52-47(45)55)54-48(58)63-28-25-35-13-19-39(20-14-35)57(59)60/h7-9,11-24,31-34,42-44H,10,25,27-30H2,1-6H3,(H,51,52,54,58)/t42-,43+,44+,68?/m0/s1. The first kappa shape index (κ1) is 49.3. The van der Waals surface area contributed by atoms with Gasteiger partial charge < -0.3 is 32.7 Å². The summed E-state index contributed by atoms with van der Waals surface area (Å²) in [5.74, 6) is 1.50. The van der Waals surface area contributed by atoms with Crippen LogP contribution in [0.15, 0.2) is 116 Å². The lowest BCUT2D eigenvalue weighted by atomic mass is 9.79. The number of amides is 1. The summed E-state index contributed by atoms with van der Waals surface area (Å²) in [6.07, 6.45) is 0.986. The maximum atomic E-state index is 13.0. The van der Waals surface area contributed by atoms with E-state index >= 15 is 0 Å². The van der Waals surface area contributed by atoms with Crippen molar-refractivity contribution in [2.45, 2.75) is 83.1 Å². The van der Waals surface area contributed by atoms with Gasteiger partial charge in [0.2, 0.25) is 0 Å². The number of ether oxygens (including phenoxy) is 5. The predicted molar refractivity (Wildman–Crippen MR) is 254 cm³/mol. The molecule has 4 atom stereocenters. The second-order valence-corrected chi connectivity index (χ2v) is 17.8. The minimum absolute atomic E-state index is 0.0161. The van der Waals surface area contributed by atoms with Crippen molar-refractivity contribution < 1.29 is 42.4 Å². The molecule has 1 aliphatic rings. The first-order chi connectivity index (χ1) is 32.9. The SMILES string of the molecule is COc1ccc(C(O[C@H]2C[C@H](n3cnc4c(NC(=O)OCCc5ccc([N+](=O)[O-])cc5)ncnc43)O[C@@H]2COP(OCCC#N)N(C(C)C)C(C)C)(c2ccccc2)c2ccc(OC)cc2)cc1. The van der Waals surface area contributed by atoms with Crippen molar-refractivity contribution in [3.05, 3.63) is 148 Å². The van der Waals surface area contributed by atoms with E-state index in [1.807, 2.05) is 78.9 Å². The molecule has 1 fully saturated rings. The number of hydrogen-bond acceptors (Lipinski definition) is 15. The molecular weight excluding hydrogens is 892 g/mol. The Balaban J connectivity index is 1.23. The zero-order chi connectivity index (χ0) is 48.2. The van der Waals surface area contributed by atoms with Gasteiger partial charge in [0.1, 0.15) is 35.8 Å². The number of nitrogens with zero attached hydrogens (tertiary/aromatic N) is 7. The molecule has 1 aliphatic heterocycles. The van der Waals surface area contributed by atoms with Gasteiger partial charge in [-0.25, -0.2) is 24.4 Å². The molecule has 19 heteroatoms. The number of nitriles is 1. The number of rotatable bonds is 22. The van der Waals surface area contributed by atoms with Gasteiger partial charge >= 0.3 is 6.09 Å². The third-order valence-corrected chi connectivity index (χ3v) is 13.4. The number of carbonyl (C=O) groups is 1. The van der Waals surface area contributed by atoms with E-state index in [4.69, 9.17) is 32.7 Å². The first-order valence-electron chi connectivity index (χ1n) is 22.2. The minimum Gasteiger partial charge on any atom is -0.497 e. The van der Waals surface area contributed by atoms with Crippen LogP contribution in [0.5, 0.6) is 11.5 Å². The highest BCUT2D eigenvalue weighted by atomic mass is 31.2. The molecule has 1 amide bonds. The largest absolute Gasteiger partial charge is 0.497 e. The van der Waals surface area contributed by atoms with Crippen molar-refractivity contribution in [1.29, 1.82) is 5.26 Å². The maximum absolute atomic E-state index is 13.0. The molecule has 0 saturated carbocycles. The van der Waals surface area contributed by atoms with Gasteiger partial charge in [-0.3, -0.25) is 20.0 Å². The number of hydrogen-bond donors (Lipinski definition) is 1. The quantitative estimate of drug-likeness (QED) is 0.0221. The van der Waals surface area contributed by atoms with Gasteiger partial charge in [0, 0.05) is 37.1 Å². The third kappa shape index (κ3) is 11.4. The lowest BCUT2D eigenvalue weighted by molar-refractivity contribution is -0.384. The van der Waals surface area contributed by atoms with Crippen LogP contribution in [0.3, 0.4) is 0 Å². The van der Waals surface area contributed by atoms with Crippen molar-refractivity contribution in [2.24, 2.45) is 0 Å². The Hall–Kier alpha value is -6.58. The molecular formula is C49H55N8O10P. The Morgan fingerprint density at radius 2 is 1.53 bits per heavy atom. The first-order valence-corrected chi connectivity index (χ1v) is 23.3. The van der Waals surface area contributed by atoms with Gasteiger partial charge in [0.25, 0.3) is 14.2 Å². The van der Waals surface area contributed by atoms with Gasteiger partial charge in [0.15, 0.2) is 17.0 Å². The number of aromatic nitrogens is 4. The van der Waals surface area contributed by atoms with Crippen LogP contribution in [-0.2, 0) is 35.3 Å². The number of imidazole rings is 1. The number of nitrogens with one attached hydrogen (secondary N) is 1. The average molecular weight is 947 g/mol. The highest BCUT2D eigenvalue weighted by Gasteiger charge is 2.47. The number of anilines is 1. The third-order valence-electron chi connectivity index (χ3n) is 11.4. The van der Waals surface area contributed by atoms with Crippen LogP contribution in [0.2, 0.25) is 0 Å². The van der Waals surface area contributed by atoms with Crippen molar-refractivity contribution in [3.63, 3.8) is 0 Å². The number of fused-ring (bicyclic) bond motifs is 1. The summed E-state index contributed by atoms with van der Waals surface area (Å²) in [6.45, 7) is 8.59. The van der Waals surface area contributed by atoms with Gasteiger partial charge in [-0.2, -0.15) is 5.26 Å². The van der Waals surface area contributed by atoms with E-state index in [-0.39, 0.29) is 49.8 Å². The van der Waals surface area contributed by atoms with Crippen LogP contribution in [0.25, 0.3) is 11.2 Å². The molecule has 18 nitrogen and oxygen atoms in total. The number of nitro groups is 1. The summed E-state index contributed by atoms with van der Waals surface area (Å²) in [5.41, 5.74) is 2.76. The molecule has 0 radical (unpaired) electrons. The van der Waals surface area contributed by atoms with E-state index in [1.165, 1.54) is 18.5 Å². The van der Waals surface area contributed by atoms with Crippen LogP contribution in [0.4, 0.5) is 16.3 Å². The number of non-ortho nitro benzene ring substituents is 1. The topological polar surface area (TPSA) is 207 Å². The van der Waals surface area contributed by atoms with Crippen LogP contribution in [-0.4, -0.2) is 93.5 Å². The lowest BCUT2D eigenvalue weighted by Crippen LogP contribution is -2.41. The van der Waals surface area contributed by atoms with Crippen LogP contribution in [0.1, 0.15) is 69.0 Å². The van der Waals surface area contributed by atoms with E-state index in [9.17, 15) is 20.2 Å². The summed E-state index contributed by atoms with van der Waals surface area (Å²) in [4.78, 5) is 37.1. The Bertz CT molecular complexity index is 2570. The number of benzene rings is 4. The molecule has 356 valence electrons. The van der Waals surface area contributed by atoms with Gasteiger partial charge in [-0.15, -0.1) is 0 Å². The van der Waals surface area contributed by atoms with E-state index in [0.717, 1.165) is 22.3 Å². The molecule has 68 heavy (non-hydrogen) atoms. The Kier molecular flexibility index (Phi) is 16.6. The molecule has 6 aromatic rings. The monoisotopic (exact) mass is 946 g/mol. The molecule has 7 rings (SSSR count).